The minimum atomic E-state index is -0.552. The van der Waals surface area contributed by atoms with E-state index in [1.807, 2.05) is 24.3 Å². The van der Waals surface area contributed by atoms with Crippen LogP contribution in [0.3, 0.4) is 0 Å². The summed E-state index contributed by atoms with van der Waals surface area (Å²) in [6.45, 7) is 0. The molecule has 1 saturated carbocycles. The lowest BCUT2D eigenvalue weighted by atomic mass is 9.98. The van der Waals surface area contributed by atoms with Crippen LogP contribution in [0.1, 0.15) is 18.4 Å². The standard InChI is InChI=1S/C18H16N2O3/c1-20-15-11-12(7-8-14(15)18(9-10-18)16(20)21)19-17(22)23-13-5-3-2-4-6-13/h2-8,11H,9-10H2,1H3,(H,19,22). The molecule has 116 valence electrons. The van der Waals surface area contributed by atoms with Crippen molar-refractivity contribution in [3.05, 3.63) is 54.1 Å². The fourth-order valence-corrected chi connectivity index (χ4v) is 3.18. The average molecular weight is 308 g/mol. The van der Waals surface area contributed by atoms with Crippen molar-refractivity contribution < 1.29 is 14.3 Å². The number of amides is 2. The zero-order valence-corrected chi connectivity index (χ0v) is 12.7. The lowest BCUT2D eigenvalue weighted by Gasteiger charge is -2.12. The monoisotopic (exact) mass is 308 g/mol. The first kappa shape index (κ1) is 13.8. The van der Waals surface area contributed by atoms with Crippen molar-refractivity contribution in [3.63, 3.8) is 0 Å². The SMILES string of the molecule is CN1C(=O)C2(CC2)c2ccc(NC(=O)Oc3ccccc3)cc21. The molecule has 1 N–H and O–H groups in total. The molecule has 2 amide bonds. The molecule has 0 radical (unpaired) electrons. The third-order valence-electron chi connectivity index (χ3n) is 4.54. The van der Waals surface area contributed by atoms with Crippen molar-refractivity contribution in [1.29, 1.82) is 0 Å². The van der Waals surface area contributed by atoms with Gasteiger partial charge in [-0.25, -0.2) is 4.79 Å². The first-order valence-corrected chi connectivity index (χ1v) is 7.57. The van der Waals surface area contributed by atoms with Gasteiger partial charge in [-0.05, 0) is 42.7 Å². The second-order valence-corrected chi connectivity index (χ2v) is 6.01. The maximum Gasteiger partial charge on any atom is 0.417 e. The minimum absolute atomic E-state index is 0.150. The molecular formula is C18H16N2O3. The number of ether oxygens (including phenoxy) is 1. The summed E-state index contributed by atoms with van der Waals surface area (Å²) in [6, 6.07) is 14.5. The summed E-state index contributed by atoms with van der Waals surface area (Å²) in [5.41, 5.74) is 2.24. The van der Waals surface area contributed by atoms with Crippen molar-refractivity contribution in [2.75, 3.05) is 17.3 Å². The molecule has 0 bridgehead atoms. The predicted molar refractivity (Wildman–Crippen MR) is 86.9 cm³/mol. The van der Waals surface area contributed by atoms with Gasteiger partial charge in [0, 0.05) is 18.4 Å². The van der Waals surface area contributed by atoms with Gasteiger partial charge in [-0.2, -0.15) is 0 Å². The molecule has 5 heteroatoms. The van der Waals surface area contributed by atoms with Gasteiger partial charge in [0.05, 0.1) is 5.41 Å². The second kappa shape index (κ2) is 4.84. The molecule has 2 aromatic carbocycles. The highest BCUT2D eigenvalue weighted by Gasteiger charge is 2.58. The van der Waals surface area contributed by atoms with E-state index in [0.29, 0.717) is 11.4 Å². The van der Waals surface area contributed by atoms with Gasteiger partial charge in [-0.15, -0.1) is 0 Å². The highest BCUT2D eigenvalue weighted by molar-refractivity contribution is 6.10. The third kappa shape index (κ3) is 2.16. The Morgan fingerprint density at radius 3 is 2.61 bits per heavy atom. The Labute approximate surface area is 133 Å². The fourth-order valence-electron chi connectivity index (χ4n) is 3.18. The Morgan fingerprint density at radius 1 is 1.17 bits per heavy atom. The summed E-state index contributed by atoms with van der Waals surface area (Å²) in [6.07, 6.45) is 1.27. The molecule has 1 heterocycles. The highest BCUT2D eigenvalue weighted by atomic mass is 16.6. The first-order chi connectivity index (χ1) is 11.1. The number of carbonyl (C=O) groups excluding carboxylic acids is 2. The smallest absolute Gasteiger partial charge is 0.410 e. The van der Waals surface area contributed by atoms with Crippen LogP contribution >= 0.6 is 0 Å². The summed E-state index contributed by atoms with van der Waals surface area (Å²) in [5, 5.41) is 2.70. The highest BCUT2D eigenvalue weighted by Crippen LogP contribution is 2.57. The lowest BCUT2D eigenvalue weighted by molar-refractivity contribution is -0.119. The minimum Gasteiger partial charge on any atom is -0.410 e. The summed E-state index contributed by atoms with van der Waals surface area (Å²) in [4.78, 5) is 26.0. The van der Waals surface area contributed by atoms with Crippen LogP contribution in [0.2, 0.25) is 0 Å². The fraction of sp³-hybridized carbons (Fsp3) is 0.222. The zero-order valence-electron chi connectivity index (χ0n) is 12.7. The number of para-hydroxylation sites is 1. The van der Waals surface area contributed by atoms with Gasteiger partial charge in [-0.3, -0.25) is 10.1 Å². The summed E-state index contributed by atoms with van der Waals surface area (Å²) in [5.74, 6) is 0.631. The molecule has 5 nitrogen and oxygen atoms in total. The van der Waals surface area contributed by atoms with Crippen LogP contribution in [-0.4, -0.2) is 19.0 Å². The van der Waals surface area contributed by atoms with E-state index < -0.39 is 6.09 Å². The van der Waals surface area contributed by atoms with Gasteiger partial charge in [-0.1, -0.05) is 24.3 Å². The average Bonchev–Trinajstić information content (AvgIpc) is 3.32. The van der Waals surface area contributed by atoms with Crippen molar-refractivity contribution >= 4 is 23.4 Å². The molecule has 23 heavy (non-hydrogen) atoms. The number of anilines is 2. The van der Waals surface area contributed by atoms with Crippen molar-refractivity contribution in [2.24, 2.45) is 0 Å². The van der Waals surface area contributed by atoms with Crippen molar-refractivity contribution in [2.45, 2.75) is 18.3 Å². The molecule has 1 aliphatic carbocycles. The van der Waals surface area contributed by atoms with E-state index in [0.717, 1.165) is 24.1 Å². The molecular weight excluding hydrogens is 292 g/mol. The summed E-state index contributed by atoms with van der Waals surface area (Å²) < 4.78 is 5.21. The van der Waals surface area contributed by atoms with Gasteiger partial charge in [0.1, 0.15) is 5.75 Å². The molecule has 0 aromatic heterocycles. The van der Waals surface area contributed by atoms with Gasteiger partial charge in [0.2, 0.25) is 5.91 Å². The summed E-state index contributed by atoms with van der Waals surface area (Å²) >= 11 is 0. The van der Waals surface area contributed by atoms with Crippen LogP contribution < -0.4 is 15.0 Å². The van der Waals surface area contributed by atoms with Gasteiger partial charge in [0.25, 0.3) is 0 Å². The Balaban J connectivity index is 1.53. The van der Waals surface area contributed by atoms with Crippen molar-refractivity contribution in [1.82, 2.24) is 0 Å². The van der Waals surface area contributed by atoms with Crippen LogP contribution in [0.25, 0.3) is 0 Å². The lowest BCUT2D eigenvalue weighted by Crippen LogP contribution is -2.27. The largest absolute Gasteiger partial charge is 0.417 e. The Kier molecular flexibility index (Phi) is 2.91. The van der Waals surface area contributed by atoms with Crippen LogP contribution in [0, 0.1) is 0 Å². The number of likely N-dealkylation sites (N-methyl/N-ethyl adjacent to an activating group) is 1. The number of hydrogen-bond acceptors (Lipinski definition) is 3. The van der Waals surface area contributed by atoms with Gasteiger partial charge >= 0.3 is 6.09 Å². The van der Waals surface area contributed by atoms with Crippen LogP contribution in [0.5, 0.6) is 5.75 Å². The number of rotatable bonds is 2. The maximum atomic E-state index is 12.3. The number of carbonyl (C=O) groups is 2. The molecule has 0 saturated heterocycles. The zero-order chi connectivity index (χ0) is 16.0. The number of fused-ring (bicyclic) bond motifs is 2. The van der Waals surface area contributed by atoms with Gasteiger partial charge < -0.3 is 9.64 Å². The normalized spacial score (nSPS) is 17.1. The van der Waals surface area contributed by atoms with E-state index in [9.17, 15) is 9.59 Å². The number of nitrogens with one attached hydrogen (secondary N) is 1. The van der Waals surface area contributed by atoms with E-state index >= 15 is 0 Å². The van der Waals surface area contributed by atoms with E-state index in [1.165, 1.54) is 0 Å². The number of nitrogens with zero attached hydrogens (tertiary/aromatic N) is 1. The Bertz CT molecular complexity index is 797. The Morgan fingerprint density at radius 2 is 1.91 bits per heavy atom. The molecule has 0 atom stereocenters. The molecule has 1 aliphatic heterocycles. The summed E-state index contributed by atoms with van der Waals surface area (Å²) in [7, 11) is 1.78. The topological polar surface area (TPSA) is 58.6 Å². The number of hydrogen-bond donors (Lipinski definition) is 1. The molecule has 1 fully saturated rings. The molecule has 0 unspecified atom stereocenters. The maximum absolute atomic E-state index is 12.3. The van der Waals surface area contributed by atoms with E-state index in [1.54, 1.807) is 36.2 Å². The van der Waals surface area contributed by atoms with Crippen molar-refractivity contribution in [3.8, 4) is 5.75 Å². The van der Waals surface area contributed by atoms with E-state index in [-0.39, 0.29) is 11.3 Å². The third-order valence-corrected chi connectivity index (χ3v) is 4.54. The molecule has 2 aliphatic rings. The van der Waals surface area contributed by atoms with Crippen LogP contribution in [0.15, 0.2) is 48.5 Å². The first-order valence-electron chi connectivity index (χ1n) is 7.57. The van der Waals surface area contributed by atoms with E-state index in [4.69, 9.17) is 4.74 Å². The Hall–Kier alpha value is -2.82. The predicted octanol–water partition coefficient (Wildman–Crippen LogP) is 3.31. The molecule has 1 spiro atoms. The molecule has 4 rings (SSSR count). The van der Waals surface area contributed by atoms with Gasteiger partial charge in [0.15, 0.2) is 0 Å². The van der Waals surface area contributed by atoms with Crippen LogP contribution in [0.4, 0.5) is 16.2 Å². The quantitative estimate of drug-likeness (QED) is 0.926. The molecule has 2 aromatic rings. The number of benzene rings is 2. The second-order valence-electron chi connectivity index (χ2n) is 6.01. The van der Waals surface area contributed by atoms with Crippen LogP contribution in [-0.2, 0) is 10.2 Å². The van der Waals surface area contributed by atoms with E-state index in [2.05, 4.69) is 5.32 Å².